The van der Waals surface area contributed by atoms with Crippen molar-refractivity contribution in [2.45, 2.75) is 49.2 Å². The van der Waals surface area contributed by atoms with E-state index in [9.17, 15) is 4.39 Å². The molecule has 0 bridgehead atoms. The number of nitrogens with one attached hydrogen (secondary N) is 3. The lowest BCUT2D eigenvalue weighted by Crippen LogP contribution is -2.55. The molecule has 1 unspecified atom stereocenters. The first-order valence-corrected chi connectivity index (χ1v) is 11.7. The second-order valence-corrected chi connectivity index (χ2v) is 9.30. The largest absolute Gasteiger partial charge is 0.443 e. The van der Waals surface area contributed by atoms with Crippen molar-refractivity contribution in [1.29, 1.82) is 0 Å². The molecular formula is C24H29FN6O2. The minimum atomic E-state index is -1.43. The van der Waals surface area contributed by atoms with Gasteiger partial charge in [-0.05, 0) is 43.9 Å². The molecule has 33 heavy (non-hydrogen) atoms. The summed E-state index contributed by atoms with van der Waals surface area (Å²) in [5, 5.41) is 14.7. The molecule has 8 nitrogen and oxygen atoms in total. The first kappa shape index (κ1) is 20.7. The quantitative estimate of drug-likeness (QED) is 0.557. The standard InChI is InChI=1S/C24H29FN6O2/c25-23(15-26-16-23)21-13-18(5-10-27-21)29-24(8-1-2-9-28-24)33-20-14-31(19-3-4-19)30-22(20)17-6-11-32-12-7-17/h1-2,5,8-10,13-14,17,19,26,28H,3-4,6-7,11-12,15-16H2,(H,27,29). The summed E-state index contributed by atoms with van der Waals surface area (Å²) < 4.78 is 29.2. The fourth-order valence-electron chi connectivity index (χ4n) is 4.55. The van der Waals surface area contributed by atoms with Crippen LogP contribution in [0.25, 0.3) is 0 Å². The Hall–Kier alpha value is -2.91. The zero-order valence-corrected chi connectivity index (χ0v) is 18.5. The second-order valence-electron chi connectivity index (χ2n) is 9.30. The van der Waals surface area contributed by atoms with E-state index in [1.807, 2.05) is 36.7 Å². The Kier molecular flexibility index (Phi) is 5.10. The highest BCUT2D eigenvalue weighted by Gasteiger charge is 2.41. The molecule has 5 heterocycles. The molecule has 0 amide bonds. The molecule has 2 aromatic heterocycles. The lowest BCUT2D eigenvalue weighted by Gasteiger charge is -2.36. The van der Waals surface area contributed by atoms with Crippen LogP contribution in [0.2, 0.25) is 0 Å². The van der Waals surface area contributed by atoms with E-state index in [0.29, 0.717) is 17.7 Å². The van der Waals surface area contributed by atoms with E-state index in [0.717, 1.165) is 56.0 Å². The SMILES string of the molecule is FC1(c2cc(NC3(Oc4cn(C5CC5)nc4C4CCOCC4)C=CC=CN3)ccn2)CNC1. The van der Waals surface area contributed by atoms with Gasteiger partial charge >= 0.3 is 0 Å². The van der Waals surface area contributed by atoms with Crippen LogP contribution < -0.4 is 20.7 Å². The molecule has 3 N–H and O–H groups in total. The van der Waals surface area contributed by atoms with Crippen LogP contribution in [0.3, 0.4) is 0 Å². The monoisotopic (exact) mass is 452 g/mol. The smallest absolute Gasteiger partial charge is 0.280 e. The molecule has 2 aromatic rings. The van der Waals surface area contributed by atoms with Gasteiger partial charge in [-0.2, -0.15) is 5.10 Å². The van der Waals surface area contributed by atoms with Gasteiger partial charge in [0.1, 0.15) is 5.69 Å². The van der Waals surface area contributed by atoms with Crippen molar-refractivity contribution in [1.82, 2.24) is 25.4 Å². The van der Waals surface area contributed by atoms with Crippen LogP contribution in [0.1, 0.15) is 49.0 Å². The maximum Gasteiger partial charge on any atom is 0.280 e. The number of hydrogen-bond donors (Lipinski definition) is 3. The average molecular weight is 453 g/mol. The number of halogens is 1. The fourth-order valence-corrected chi connectivity index (χ4v) is 4.55. The van der Waals surface area contributed by atoms with Crippen LogP contribution in [0.15, 0.2) is 49.0 Å². The number of anilines is 1. The van der Waals surface area contributed by atoms with E-state index in [1.165, 1.54) is 0 Å². The minimum absolute atomic E-state index is 0.279. The normalized spacial score (nSPS) is 26.5. The van der Waals surface area contributed by atoms with Crippen molar-refractivity contribution < 1.29 is 13.9 Å². The van der Waals surface area contributed by atoms with Gasteiger partial charge in [-0.15, -0.1) is 0 Å². The molecule has 0 radical (unpaired) electrons. The van der Waals surface area contributed by atoms with Crippen LogP contribution >= 0.6 is 0 Å². The number of ether oxygens (including phenoxy) is 2. The van der Waals surface area contributed by atoms with Gasteiger partial charge in [0.2, 0.25) is 0 Å². The van der Waals surface area contributed by atoms with Gasteiger partial charge in [0.25, 0.3) is 5.85 Å². The minimum Gasteiger partial charge on any atom is -0.443 e. The number of allylic oxidation sites excluding steroid dienone is 2. The Labute approximate surface area is 192 Å². The Morgan fingerprint density at radius 1 is 1.18 bits per heavy atom. The molecule has 9 heteroatoms. The van der Waals surface area contributed by atoms with Gasteiger partial charge in [-0.3, -0.25) is 9.67 Å². The van der Waals surface area contributed by atoms with Crippen LogP contribution in [0, 0.1) is 0 Å². The van der Waals surface area contributed by atoms with Crippen LogP contribution in [0.5, 0.6) is 5.75 Å². The second kappa shape index (κ2) is 8.14. The molecule has 1 saturated carbocycles. The fraction of sp³-hybridized carbons (Fsp3) is 0.500. The highest BCUT2D eigenvalue weighted by molar-refractivity contribution is 5.49. The maximum atomic E-state index is 14.9. The predicted octanol–water partition coefficient (Wildman–Crippen LogP) is 3.09. The summed E-state index contributed by atoms with van der Waals surface area (Å²) in [5.41, 5.74) is 0.692. The molecule has 6 rings (SSSR count). The van der Waals surface area contributed by atoms with Gasteiger partial charge in [0, 0.05) is 56.4 Å². The molecule has 3 fully saturated rings. The van der Waals surface area contributed by atoms with E-state index < -0.39 is 11.5 Å². The molecule has 0 spiro atoms. The zero-order chi connectivity index (χ0) is 22.3. The lowest BCUT2D eigenvalue weighted by molar-refractivity contribution is 0.0809. The summed E-state index contributed by atoms with van der Waals surface area (Å²) in [6.45, 7) is 2.04. The number of nitrogens with zero attached hydrogens (tertiary/aromatic N) is 3. The Balaban J connectivity index is 1.30. The number of alkyl halides is 1. The highest BCUT2D eigenvalue weighted by atomic mass is 19.1. The van der Waals surface area contributed by atoms with E-state index in [2.05, 4.69) is 25.6 Å². The Morgan fingerprint density at radius 2 is 2.03 bits per heavy atom. The number of hydrogen-bond acceptors (Lipinski definition) is 7. The summed E-state index contributed by atoms with van der Waals surface area (Å²) in [6, 6.07) is 4.04. The summed E-state index contributed by atoms with van der Waals surface area (Å²) in [4.78, 5) is 4.26. The molecule has 2 saturated heterocycles. The highest BCUT2D eigenvalue weighted by Crippen LogP contribution is 2.40. The molecule has 1 aliphatic carbocycles. The first-order valence-electron chi connectivity index (χ1n) is 11.7. The summed E-state index contributed by atoms with van der Waals surface area (Å²) in [6.07, 6.45) is 15.4. The first-order chi connectivity index (χ1) is 16.1. The van der Waals surface area contributed by atoms with Crippen LogP contribution in [0.4, 0.5) is 10.1 Å². The van der Waals surface area contributed by atoms with E-state index >= 15 is 0 Å². The molecule has 4 aliphatic rings. The van der Waals surface area contributed by atoms with Crippen molar-refractivity contribution in [2.75, 3.05) is 31.6 Å². The van der Waals surface area contributed by atoms with Crippen molar-refractivity contribution >= 4 is 5.69 Å². The summed E-state index contributed by atoms with van der Waals surface area (Å²) in [7, 11) is 0. The van der Waals surface area contributed by atoms with Gasteiger partial charge in [-0.1, -0.05) is 6.08 Å². The van der Waals surface area contributed by atoms with Crippen molar-refractivity contribution in [3.63, 3.8) is 0 Å². The topological polar surface area (TPSA) is 85.3 Å². The van der Waals surface area contributed by atoms with E-state index in [-0.39, 0.29) is 13.1 Å². The van der Waals surface area contributed by atoms with E-state index in [4.69, 9.17) is 14.6 Å². The van der Waals surface area contributed by atoms with Crippen molar-refractivity contribution in [3.8, 4) is 5.75 Å². The Bertz CT molecular complexity index is 1070. The van der Waals surface area contributed by atoms with Crippen LogP contribution in [-0.2, 0) is 10.4 Å². The summed E-state index contributed by atoms with van der Waals surface area (Å²) in [5.74, 6) is 0.0265. The molecule has 174 valence electrons. The summed E-state index contributed by atoms with van der Waals surface area (Å²) >= 11 is 0. The third-order valence-corrected chi connectivity index (χ3v) is 6.72. The predicted molar refractivity (Wildman–Crippen MR) is 122 cm³/mol. The number of dihydropyridines is 1. The van der Waals surface area contributed by atoms with Crippen molar-refractivity contribution in [2.24, 2.45) is 0 Å². The van der Waals surface area contributed by atoms with Crippen molar-refractivity contribution in [3.05, 3.63) is 60.3 Å². The third-order valence-electron chi connectivity index (χ3n) is 6.72. The number of rotatable bonds is 7. The Morgan fingerprint density at radius 3 is 2.73 bits per heavy atom. The van der Waals surface area contributed by atoms with Gasteiger partial charge < -0.3 is 25.4 Å². The average Bonchev–Trinajstić information content (AvgIpc) is 3.59. The van der Waals surface area contributed by atoms with Gasteiger partial charge in [-0.25, -0.2) is 4.39 Å². The maximum absolute atomic E-state index is 14.9. The number of aromatic nitrogens is 3. The van der Waals surface area contributed by atoms with Gasteiger partial charge in [0.15, 0.2) is 11.4 Å². The lowest BCUT2D eigenvalue weighted by atomic mass is 9.94. The van der Waals surface area contributed by atoms with E-state index in [1.54, 1.807) is 12.3 Å². The van der Waals surface area contributed by atoms with Gasteiger partial charge in [0.05, 0.1) is 17.9 Å². The molecular weight excluding hydrogens is 423 g/mol. The molecule has 0 aromatic carbocycles. The third kappa shape index (κ3) is 4.11. The zero-order valence-electron chi connectivity index (χ0n) is 18.5. The molecule has 1 atom stereocenters. The number of pyridine rings is 1. The van der Waals surface area contributed by atoms with Crippen LogP contribution in [-0.4, -0.2) is 46.9 Å². The molecule has 3 aliphatic heterocycles.